The first-order valence-electron chi connectivity index (χ1n) is 6.46. The van der Waals surface area contributed by atoms with Crippen LogP contribution in [-0.4, -0.2) is 25.1 Å². The molecule has 0 radical (unpaired) electrons. The van der Waals surface area contributed by atoms with E-state index in [-0.39, 0.29) is 0 Å². The van der Waals surface area contributed by atoms with Crippen molar-refractivity contribution in [2.24, 2.45) is 0 Å². The van der Waals surface area contributed by atoms with Gasteiger partial charge in [0.1, 0.15) is 11.4 Å². The normalized spacial score (nSPS) is 10.8. The molecule has 0 saturated heterocycles. The Morgan fingerprint density at radius 2 is 2.00 bits per heavy atom. The fraction of sp³-hybridized carbons (Fsp3) is 0.467. The first-order valence-corrected chi connectivity index (χ1v) is 6.46. The highest BCUT2D eigenvalue weighted by Crippen LogP contribution is 2.28. The summed E-state index contributed by atoms with van der Waals surface area (Å²) in [6, 6.07) is 3.34. The predicted molar refractivity (Wildman–Crippen MR) is 77.6 cm³/mol. The third-order valence-electron chi connectivity index (χ3n) is 2.55. The Bertz CT molecular complexity index is 503. The average Bonchev–Trinajstić information content (AvgIpc) is 2.35. The van der Waals surface area contributed by atoms with Crippen molar-refractivity contribution in [1.82, 2.24) is 0 Å². The minimum atomic E-state index is -0.572. The van der Waals surface area contributed by atoms with Crippen LogP contribution < -0.4 is 10.1 Å². The lowest BCUT2D eigenvalue weighted by Crippen LogP contribution is -2.27. The third kappa shape index (κ3) is 4.26. The van der Waals surface area contributed by atoms with Gasteiger partial charge in [-0.2, -0.15) is 0 Å². The van der Waals surface area contributed by atoms with E-state index in [1.165, 1.54) is 7.11 Å². The highest BCUT2D eigenvalue weighted by molar-refractivity contribution is 5.89. The third-order valence-corrected chi connectivity index (χ3v) is 2.55. The van der Waals surface area contributed by atoms with Crippen LogP contribution >= 0.6 is 0 Å². The topological polar surface area (TPSA) is 64.6 Å². The molecular weight excluding hydrogens is 258 g/mol. The van der Waals surface area contributed by atoms with Crippen LogP contribution in [0.1, 0.15) is 43.6 Å². The van der Waals surface area contributed by atoms with Gasteiger partial charge in [0, 0.05) is 5.69 Å². The van der Waals surface area contributed by atoms with Crippen LogP contribution in [0.15, 0.2) is 12.1 Å². The molecular formula is C15H21NO4. The fourth-order valence-electron chi connectivity index (χ4n) is 1.81. The van der Waals surface area contributed by atoms with E-state index in [4.69, 9.17) is 9.47 Å². The number of carbonyl (C=O) groups excluding carboxylic acids is 2. The molecule has 0 heterocycles. The van der Waals surface area contributed by atoms with E-state index in [0.29, 0.717) is 29.7 Å². The molecule has 0 aromatic heterocycles. The predicted octanol–water partition coefficient (Wildman–Crippen LogP) is 3.42. The molecule has 0 spiro atoms. The molecule has 1 amide bonds. The minimum Gasteiger partial charge on any atom is -0.496 e. The lowest BCUT2D eigenvalue weighted by Gasteiger charge is -2.20. The van der Waals surface area contributed by atoms with Crippen molar-refractivity contribution < 1.29 is 19.1 Å². The fourth-order valence-corrected chi connectivity index (χ4v) is 1.81. The molecule has 5 heteroatoms. The van der Waals surface area contributed by atoms with Gasteiger partial charge in [-0.15, -0.1) is 0 Å². The molecule has 110 valence electrons. The van der Waals surface area contributed by atoms with Gasteiger partial charge >= 0.3 is 6.09 Å². The molecule has 5 nitrogen and oxygen atoms in total. The Balaban J connectivity index is 3.02. The number of benzene rings is 1. The van der Waals surface area contributed by atoms with Gasteiger partial charge in [-0.3, -0.25) is 10.1 Å². The SMILES string of the molecule is CCc1cc(NC(=O)OC(C)(C)C)cc(C=O)c1OC. The number of hydrogen-bond donors (Lipinski definition) is 1. The molecule has 1 rings (SSSR count). The Labute approximate surface area is 119 Å². The smallest absolute Gasteiger partial charge is 0.412 e. The molecule has 1 aromatic rings. The number of ether oxygens (including phenoxy) is 2. The molecule has 0 saturated carbocycles. The number of rotatable bonds is 4. The first kappa shape index (κ1) is 16.0. The standard InChI is InChI=1S/C15H21NO4/c1-6-10-7-12(8-11(9-17)13(10)19-5)16-14(18)20-15(2,3)4/h7-9H,6H2,1-5H3,(H,16,18). The minimum absolute atomic E-state index is 0.401. The number of amides is 1. The second-order valence-electron chi connectivity index (χ2n) is 5.36. The molecule has 0 fully saturated rings. The zero-order chi connectivity index (χ0) is 15.3. The highest BCUT2D eigenvalue weighted by atomic mass is 16.6. The molecule has 0 aliphatic carbocycles. The number of methoxy groups -OCH3 is 1. The van der Waals surface area contributed by atoms with Gasteiger partial charge in [-0.05, 0) is 44.9 Å². The molecule has 0 aliphatic heterocycles. The van der Waals surface area contributed by atoms with Crippen molar-refractivity contribution in [3.05, 3.63) is 23.3 Å². The highest BCUT2D eigenvalue weighted by Gasteiger charge is 2.17. The summed E-state index contributed by atoms with van der Waals surface area (Å²) >= 11 is 0. The molecule has 0 unspecified atom stereocenters. The van der Waals surface area contributed by atoms with Crippen molar-refractivity contribution in [3.63, 3.8) is 0 Å². The van der Waals surface area contributed by atoms with E-state index < -0.39 is 11.7 Å². The van der Waals surface area contributed by atoms with E-state index in [9.17, 15) is 9.59 Å². The summed E-state index contributed by atoms with van der Waals surface area (Å²) in [6.07, 6.45) is 0.841. The number of aldehydes is 1. The van der Waals surface area contributed by atoms with Gasteiger partial charge in [-0.1, -0.05) is 6.92 Å². The Morgan fingerprint density at radius 3 is 2.45 bits per heavy atom. The number of nitrogens with one attached hydrogen (secondary N) is 1. The van der Waals surface area contributed by atoms with Gasteiger partial charge in [0.05, 0.1) is 12.7 Å². The molecule has 1 N–H and O–H groups in total. The van der Waals surface area contributed by atoms with Crippen LogP contribution in [0.3, 0.4) is 0 Å². The van der Waals surface area contributed by atoms with Crippen LogP contribution in [0.5, 0.6) is 5.75 Å². The van der Waals surface area contributed by atoms with Crippen molar-refractivity contribution in [3.8, 4) is 5.75 Å². The average molecular weight is 279 g/mol. The summed E-state index contributed by atoms with van der Waals surface area (Å²) in [7, 11) is 1.52. The summed E-state index contributed by atoms with van der Waals surface area (Å²) < 4.78 is 10.4. The molecule has 0 atom stereocenters. The largest absolute Gasteiger partial charge is 0.496 e. The van der Waals surface area contributed by atoms with Crippen molar-refractivity contribution >= 4 is 18.1 Å². The maximum Gasteiger partial charge on any atom is 0.412 e. The van der Waals surface area contributed by atoms with Crippen LogP contribution in [0.2, 0.25) is 0 Å². The quantitative estimate of drug-likeness (QED) is 0.858. The van der Waals surface area contributed by atoms with Crippen LogP contribution in [0, 0.1) is 0 Å². The Hall–Kier alpha value is -2.04. The van der Waals surface area contributed by atoms with Crippen molar-refractivity contribution in [1.29, 1.82) is 0 Å². The maximum atomic E-state index is 11.7. The first-order chi connectivity index (χ1) is 9.30. The van der Waals surface area contributed by atoms with E-state index in [1.807, 2.05) is 6.92 Å². The van der Waals surface area contributed by atoms with Gasteiger partial charge < -0.3 is 9.47 Å². The number of aryl methyl sites for hydroxylation is 1. The summed E-state index contributed by atoms with van der Waals surface area (Å²) in [4.78, 5) is 22.8. The Kier molecular flexibility index (Phi) is 5.13. The zero-order valence-electron chi connectivity index (χ0n) is 12.6. The molecule has 1 aromatic carbocycles. The van der Waals surface area contributed by atoms with Crippen molar-refractivity contribution in [2.75, 3.05) is 12.4 Å². The summed E-state index contributed by atoms with van der Waals surface area (Å²) in [5.74, 6) is 0.539. The van der Waals surface area contributed by atoms with Gasteiger partial charge in [0.25, 0.3) is 0 Å². The summed E-state index contributed by atoms with van der Waals surface area (Å²) in [5, 5.41) is 2.62. The Morgan fingerprint density at radius 1 is 1.35 bits per heavy atom. The van der Waals surface area contributed by atoms with E-state index in [2.05, 4.69) is 5.32 Å². The van der Waals surface area contributed by atoms with E-state index >= 15 is 0 Å². The summed E-state index contributed by atoms with van der Waals surface area (Å²) in [5.41, 5.74) is 1.19. The molecule has 20 heavy (non-hydrogen) atoms. The number of anilines is 1. The zero-order valence-corrected chi connectivity index (χ0v) is 12.6. The lowest BCUT2D eigenvalue weighted by atomic mass is 10.1. The van der Waals surface area contributed by atoms with Crippen LogP contribution in [0.4, 0.5) is 10.5 Å². The summed E-state index contributed by atoms with van der Waals surface area (Å²) in [6.45, 7) is 7.31. The van der Waals surface area contributed by atoms with E-state index in [1.54, 1.807) is 32.9 Å². The maximum absolute atomic E-state index is 11.7. The van der Waals surface area contributed by atoms with Crippen molar-refractivity contribution in [2.45, 2.75) is 39.7 Å². The van der Waals surface area contributed by atoms with Gasteiger partial charge in [0.15, 0.2) is 6.29 Å². The molecule has 0 aliphatic rings. The second kappa shape index (κ2) is 6.41. The molecule has 0 bridgehead atoms. The van der Waals surface area contributed by atoms with Gasteiger partial charge in [0.2, 0.25) is 0 Å². The number of hydrogen-bond acceptors (Lipinski definition) is 4. The lowest BCUT2D eigenvalue weighted by molar-refractivity contribution is 0.0635. The second-order valence-corrected chi connectivity index (χ2v) is 5.36. The van der Waals surface area contributed by atoms with Gasteiger partial charge in [-0.25, -0.2) is 4.79 Å². The monoisotopic (exact) mass is 279 g/mol. The van der Waals surface area contributed by atoms with E-state index in [0.717, 1.165) is 5.56 Å². The van der Waals surface area contributed by atoms with Crippen LogP contribution in [-0.2, 0) is 11.2 Å². The number of carbonyl (C=O) groups is 2. The van der Waals surface area contributed by atoms with Crippen LogP contribution in [0.25, 0.3) is 0 Å².